The number of aryl methyl sites for hydroxylation is 2. The molecule has 2 rings (SSSR count). The summed E-state index contributed by atoms with van der Waals surface area (Å²) >= 11 is 2.49. The predicted octanol–water partition coefficient (Wildman–Crippen LogP) is 1.25. The van der Waals surface area contributed by atoms with Crippen molar-refractivity contribution in [3.8, 4) is 0 Å². The van der Waals surface area contributed by atoms with E-state index in [0.717, 1.165) is 21.1 Å². The Hall–Kier alpha value is -1.45. The Morgan fingerprint density at radius 2 is 1.68 bits per heavy atom. The van der Waals surface area contributed by atoms with Crippen LogP contribution in [0.3, 0.4) is 0 Å². The fourth-order valence-electron chi connectivity index (χ4n) is 0.947. The van der Waals surface area contributed by atoms with Crippen LogP contribution in [0.25, 0.3) is 0 Å². The largest absolute Gasteiger partial charge is 0.460 e. The van der Waals surface area contributed by atoms with Gasteiger partial charge in [0.1, 0.15) is 6.61 Å². The van der Waals surface area contributed by atoms with Gasteiger partial charge in [0, 0.05) is 6.92 Å². The lowest BCUT2D eigenvalue weighted by Crippen LogP contribution is -1.98. The number of carbonyl (C=O) groups excluding carboxylic acids is 1. The summed E-state index contributed by atoms with van der Waals surface area (Å²) < 4.78 is 12.1. The van der Waals surface area contributed by atoms with Crippen molar-refractivity contribution < 1.29 is 14.6 Å². The smallest absolute Gasteiger partial charge is 0.302 e. The lowest BCUT2D eigenvalue weighted by molar-refractivity contribution is -0.142. The fraction of sp³-hybridized carbons (Fsp3) is 0.500. The van der Waals surface area contributed by atoms with Crippen LogP contribution in [0.2, 0.25) is 0 Å². The molecule has 0 aliphatic carbocycles. The number of aliphatic hydroxyl groups is 1. The molecule has 104 valence electrons. The zero-order valence-corrected chi connectivity index (χ0v) is 12.4. The third-order valence-electron chi connectivity index (χ3n) is 2.04. The summed E-state index contributed by atoms with van der Waals surface area (Å²) in [5.74, 6) is -0.280. The van der Waals surface area contributed by atoms with E-state index in [0.29, 0.717) is 6.61 Å². The molecule has 1 N–H and O–H groups in total. The van der Waals surface area contributed by atoms with Crippen LogP contribution >= 0.6 is 23.1 Å². The average Bonchev–Trinajstić information content (AvgIpc) is 2.96. The minimum atomic E-state index is -0.280. The van der Waals surface area contributed by atoms with Crippen LogP contribution < -0.4 is 0 Å². The van der Waals surface area contributed by atoms with Crippen LogP contribution in [0.1, 0.15) is 28.1 Å². The van der Waals surface area contributed by atoms with E-state index in [4.69, 9.17) is 9.84 Å². The molecule has 0 fully saturated rings. The Morgan fingerprint density at radius 3 is 2.00 bits per heavy atom. The van der Waals surface area contributed by atoms with E-state index in [1.165, 1.54) is 30.0 Å². The summed E-state index contributed by atoms with van der Waals surface area (Å²) in [4.78, 5) is 12.1. The topological polar surface area (TPSA) is 98.1 Å². The van der Waals surface area contributed by atoms with Gasteiger partial charge in [0.15, 0.2) is 0 Å². The van der Waals surface area contributed by atoms with Gasteiger partial charge in [0.05, 0.1) is 27.7 Å². The maximum atomic E-state index is 10.4. The van der Waals surface area contributed by atoms with Crippen LogP contribution in [-0.2, 0) is 22.7 Å². The second kappa shape index (κ2) is 7.87. The molecule has 2 aromatic rings. The van der Waals surface area contributed by atoms with Gasteiger partial charge in [-0.2, -0.15) is 0 Å². The van der Waals surface area contributed by atoms with Gasteiger partial charge in [-0.3, -0.25) is 4.79 Å². The molecular weight excluding hydrogens is 288 g/mol. The quantitative estimate of drug-likeness (QED) is 0.852. The first-order valence-corrected chi connectivity index (χ1v) is 6.89. The highest BCUT2D eigenvalue weighted by Gasteiger charge is 2.03. The fourth-order valence-corrected chi connectivity index (χ4v) is 1.99. The highest BCUT2D eigenvalue weighted by atomic mass is 32.1. The molecular formula is C10H14N4O3S2. The Bertz CT molecular complexity index is 526. The molecule has 0 bridgehead atoms. The zero-order chi connectivity index (χ0) is 14.3. The molecule has 0 saturated heterocycles. The van der Waals surface area contributed by atoms with Crippen molar-refractivity contribution in [1.29, 1.82) is 0 Å². The number of aromatic nitrogens is 4. The van der Waals surface area contributed by atoms with Gasteiger partial charge < -0.3 is 9.84 Å². The van der Waals surface area contributed by atoms with E-state index < -0.39 is 0 Å². The van der Waals surface area contributed by atoms with Gasteiger partial charge in [-0.05, 0) is 36.9 Å². The molecule has 19 heavy (non-hydrogen) atoms. The van der Waals surface area contributed by atoms with Crippen molar-refractivity contribution in [2.24, 2.45) is 0 Å². The van der Waals surface area contributed by atoms with Gasteiger partial charge >= 0.3 is 5.97 Å². The van der Waals surface area contributed by atoms with Crippen molar-refractivity contribution in [3.05, 3.63) is 21.1 Å². The number of esters is 1. The van der Waals surface area contributed by atoms with Crippen molar-refractivity contribution in [2.75, 3.05) is 0 Å². The van der Waals surface area contributed by atoms with Crippen molar-refractivity contribution in [3.63, 3.8) is 0 Å². The Balaban J connectivity index is 0.000000200. The van der Waals surface area contributed by atoms with Gasteiger partial charge in [0.25, 0.3) is 0 Å². The van der Waals surface area contributed by atoms with E-state index in [9.17, 15) is 4.79 Å². The van der Waals surface area contributed by atoms with Crippen LogP contribution in [0, 0.1) is 13.8 Å². The van der Waals surface area contributed by atoms with Gasteiger partial charge in [-0.25, -0.2) is 0 Å². The third kappa shape index (κ3) is 5.37. The monoisotopic (exact) mass is 302 g/mol. The van der Waals surface area contributed by atoms with Crippen LogP contribution in [0.5, 0.6) is 0 Å². The Kier molecular flexibility index (Phi) is 6.46. The van der Waals surface area contributed by atoms with Crippen molar-refractivity contribution in [2.45, 2.75) is 34.0 Å². The Morgan fingerprint density at radius 1 is 1.16 bits per heavy atom. The van der Waals surface area contributed by atoms with Gasteiger partial charge in [-0.1, -0.05) is 8.98 Å². The average molecular weight is 302 g/mol. The maximum Gasteiger partial charge on any atom is 0.302 e. The van der Waals surface area contributed by atoms with Crippen LogP contribution in [-0.4, -0.2) is 30.2 Å². The van der Waals surface area contributed by atoms with Gasteiger partial charge in [-0.15, -0.1) is 10.2 Å². The van der Waals surface area contributed by atoms with E-state index in [2.05, 4.69) is 19.2 Å². The summed E-state index contributed by atoms with van der Waals surface area (Å²) in [6.07, 6.45) is 0. The predicted molar refractivity (Wildman–Crippen MR) is 70.7 cm³/mol. The molecule has 2 heterocycles. The number of hydrogen-bond acceptors (Lipinski definition) is 9. The normalized spacial score (nSPS) is 9.68. The molecule has 2 aromatic heterocycles. The van der Waals surface area contributed by atoms with E-state index >= 15 is 0 Å². The number of nitrogens with zero attached hydrogens (tertiary/aromatic N) is 4. The molecule has 9 heteroatoms. The first-order valence-electron chi connectivity index (χ1n) is 5.34. The first-order chi connectivity index (χ1) is 9.04. The van der Waals surface area contributed by atoms with Crippen molar-refractivity contribution >= 4 is 29.0 Å². The Labute approximate surface area is 118 Å². The number of rotatable bonds is 3. The van der Waals surface area contributed by atoms with E-state index in [1.54, 1.807) is 0 Å². The standard InChI is InChI=1S/C6H8N2O2S.C4H6N2OS/c1-4-6(11-8-7-4)3-10-5(2)9;1-3-4(2-7)8-6-5-3/h3H2,1-2H3;7H,2H2,1H3. The highest BCUT2D eigenvalue weighted by molar-refractivity contribution is 7.05. The molecule has 0 aromatic carbocycles. The molecule has 0 amide bonds. The van der Waals surface area contributed by atoms with Crippen LogP contribution in [0.15, 0.2) is 0 Å². The maximum absolute atomic E-state index is 10.4. The number of ether oxygens (including phenoxy) is 1. The molecule has 0 unspecified atom stereocenters. The molecule has 0 saturated carbocycles. The third-order valence-corrected chi connectivity index (χ3v) is 3.65. The van der Waals surface area contributed by atoms with E-state index in [-0.39, 0.29) is 12.6 Å². The lowest BCUT2D eigenvalue weighted by atomic mass is 10.4. The first kappa shape index (κ1) is 15.6. The summed E-state index contributed by atoms with van der Waals surface area (Å²) in [6.45, 7) is 5.39. The summed E-state index contributed by atoms with van der Waals surface area (Å²) in [6, 6.07) is 0. The summed E-state index contributed by atoms with van der Waals surface area (Å²) in [7, 11) is 0. The summed E-state index contributed by atoms with van der Waals surface area (Å²) in [5.41, 5.74) is 1.66. The molecule has 0 spiro atoms. The van der Waals surface area contributed by atoms with Crippen molar-refractivity contribution in [1.82, 2.24) is 19.2 Å². The minimum absolute atomic E-state index is 0.0590. The second-order valence-corrected chi connectivity index (χ2v) is 5.18. The molecule has 7 nitrogen and oxygen atoms in total. The zero-order valence-electron chi connectivity index (χ0n) is 10.8. The lowest BCUT2D eigenvalue weighted by Gasteiger charge is -1.96. The van der Waals surface area contributed by atoms with Crippen LogP contribution in [0.4, 0.5) is 0 Å². The second-order valence-electron chi connectivity index (χ2n) is 3.50. The minimum Gasteiger partial charge on any atom is -0.460 e. The molecule has 0 aliphatic heterocycles. The summed E-state index contributed by atoms with van der Waals surface area (Å²) in [5, 5.41) is 16.0. The molecule has 0 atom stereocenters. The molecule has 0 radical (unpaired) electrons. The highest BCUT2D eigenvalue weighted by Crippen LogP contribution is 2.09. The number of hydrogen-bond donors (Lipinski definition) is 1. The molecule has 0 aliphatic rings. The van der Waals surface area contributed by atoms with E-state index in [1.807, 2.05) is 13.8 Å². The number of aliphatic hydroxyl groups excluding tert-OH is 1. The number of carbonyl (C=O) groups is 1. The SMILES string of the molecule is CC(=O)OCc1snnc1C.Cc1nnsc1CO. The van der Waals surface area contributed by atoms with Gasteiger partial charge in [0.2, 0.25) is 0 Å².